The number of unbranched alkanes of at least 4 members (excludes halogenated alkanes) is 1. The second-order valence-electron chi connectivity index (χ2n) is 4.03. The number of nitro groups is 1. The maximum atomic E-state index is 11.5. The van der Waals surface area contributed by atoms with E-state index in [2.05, 4.69) is 10.6 Å². The Balaban J connectivity index is 2.86. The van der Waals surface area contributed by atoms with Gasteiger partial charge in [-0.15, -0.1) is 0 Å². The van der Waals surface area contributed by atoms with Crippen LogP contribution in [0.15, 0.2) is 18.2 Å². The highest BCUT2D eigenvalue weighted by atomic mass is 16.6. The lowest BCUT2D eigenvalue weighted by Gasteiger charge is -2.08. The molecule has 20 heavy (non-hydrogen) atoms. The Bertz CT molecular complexity index is 530. The van der Waals surface area contributed by atoms with Crippen LogP contribution in [0.2, 0.25) is 0 Å². The summed E-state index contributed by atoms with van der Waals surface area (Å²) in [6, 6.07) is 2.73. The third kappa shape index (κ3) is 4.23. The summed E-state index contributed by atoms with van der Waals surface area (Å²) >= 11 is 0. The van der Waals surface area contributed by atoms with Crippen molar-refractivity contribution in [2.75, 3.05) is 11.9 Å². The van der Waals surface area contributed by atoms with Gasteiger partial charge in [-0.1, -0.05) is 13.3 Å². The number of hydrogen-bond donors (Lipinski definition) is 3. The largest absolute Gasteiger partial charge is 0.478 e. The molecule has 8 heteroatoms. The number of nitrogens with one attached hydrogen (secondary N) is 2. The van der Waals surface area contributed by atoms with Crippen molar-refractivity contribution in [3.63, 3.8) is 0 Å². The van der Waals surface area contributed by atoms with Gasteiger partial charge in [0.15, 0.2) is 0 Å². The first kappa shape index (κ1) is 15.4. The monoisotopic (exact) mass is 281 g/mol. The average molecular weight is 281 g/mol. The molecule has 0 saturated carbocycles. The number of aromatic carboxylic acids is 1. The van der Waals surface area contributed by atoms with Crippen LogP contribution < -0.4 is 10.6 Å². The van der Waals surface area contributed by atoms with Crippen LogP contribution in [-0.2, 0) is 0 Å². The molecule has 0 spiro atoms. The SMILES string of the molecule is CCCCNC(=O)Nc1ccc(C(=O)O)cc1[N+](=O)[O-]. The van der Waals surface area contributed by atoms with Crippen LogP contribution in [0.3, 0.4) is 0 Å². The Morgan fingerprint density at radius 3 is 2.65 bits per heavy atom. The Kier molecular flexibility index (Phi) is 5.45. The van der Waals surface area contributed by atoms with Gasteiger partial charge in [-0.3, -0.25) is 10.1 Å². The van der Waals surface area contributed by atoms with E-state index in [9.17, 15) is 19.7 Å². The Hall–Kier alpha value is -2.64. The van der Waals surface area contributed by atoms with Gasteiger partial charge < -0.3 is 15.7 Å². The molecule has 1 aromatic rings. The quantitative estimate of drug-likeness (QED) is 0.419. The van der Waals surface area contributed by atoms with Crippen molar-refractivity contribution in [3.8, 4) is 0 Å². The van der Waals surface area contributed by atoms with E-state index in [0.29, 0.717) is 6.54 Å². The lowest BCUT2D eigenvalue weighted by Crippen LogP contribution is -2.29. The molecule has 0 fully saturated rings. The molecule has 3 N–H and O–H groups in total. The summed E-state index contributed by atoms with van der Waals surface area (Å²) in [5.41, 5.74) is -0.724. The zero-order valence-electron chi connectivity index (χ0n) is 10.9. The summed E-state index contributed by atoms with van der Waals surface area (Å²) in [7, 11) is 0. The number of urea groups is 1. The highest BCUT2D eigenvalue weighted by Gasteiger charge is 2.18. The van der Waals surface area contributed by atoms with E-state index in [1.165, 1.54) is 12.1 Å². The van der Waals surface area contributed by atoms with Gasteiger partial charge in [0, 0.05) is 12.6 Å². The molecular weight excluding hydrogens is 266 g/mol. The van der Waals surface area contributed by atoms with Crippen molar-refractivity contribution >= 4 is 23.4 Å². The second kappa shape index (κ2) is 7.07. The zero-order valence-corrected chi connectivity index (χ0v) is 10.9. The minimum Gasteiger partial charge on any atom is -0.478 e. The molecule has 8 nitrogen and oxygen atoms in total. The van der Waals surface area contributed by atoms with Gasteiger partial charge in [0.1, 0.15) is 5.69 Å². The van der Waals surface area contributed by atoms with Gasteiger partial charge in [0.2, 0.25) is 0 Å². The zero-order chi connectivity index (χ0) is 15.1. The Morgan fingerprint density at radius 1 is 1.40 bits per heavy atom. The first-order valence-corrected chi connectivity index (χ1v) is 6.02. The summed E-state index contributed by atoms with van der Waals surface area (Å²) < 4.78 is 0. The number of hydrogen-bond acceptors (Lipinski definition) is 4. The highest BCUT2D eigenvalue weighted by Crippen LogP contribution is 2.25. The number of amides is 2. The predicted molar refractivity (Wildman–Crippen MR) is 72.0 cm³/mol. The number of carbonyl (C=O) groups is 2. The van der Waals surface area contributed by atoms with Crippen molar-refractivity contribution in [1.82, 2.24) is 5.32 Å². The molecule has 0 bridgehead atoms. The smallest absolute Gasteiger partial charge is 0.335 e. The molecule has 0 heterocycles. The highest BCUT2D eigenvalue weighted by molar-refractivity contribution is 5.94. The summed E-state index contributed by atoms with van der Waals surface area (Å²) in [4.78, 5) is 32.4. The molecular formula is C12H15N3O5. The minimum atomic E-state index is -1.27. The van der Waals surface area contributed by atoms with Gasteiger partial charge in [0.05, 0.1) is 10.5 Å². The van der Waals surface area contributed by atoms with Gasteiger partial charge in [-0.25, -0.2) is 9.59 Å². The summed E-state index contributed by atoms with van der Waals surface area (Å²) in [6.45, 7) is 2.43. The molecule has 2 amide bonds. The van der Waals surface area contributed by atoms with Gasteiger partial charge in [-0.2, -0.15) is 0 Å². The third-order valence-electron chi connectivity index (χ3n) is 2.51. The Morgan fingerprint density at radius 2 is 2.10 bits per heavy atom. The number of carboxylic acid groups (broad SMARTS) is 1. The molecule has 0 unspecified atom stereocenters. The van der Waals surface area contributed by atoms with Crippen LogP contribution in [-0.4, -0.2) is 28.6 Å². The fourth-order valence-electron chi connectivity index (χ4n) is 1.47. The first-order valence-electron chi connectivity index (χ1n) is 6.02. The average Bonchev–Trinajstić information content (AvgIpc) is 2.38. The number of carbonyl (C=O) groups excluding carboxylic acids is 1. The predicted octanol–water partition coefficient (Wildman–Crippen LogP) is 2.21. The van der Waals surface area contributed by atoms with E-state index < -0.39 is 22.6 Å². The van der Waals surface area contributed by atoms with E-state index >= 15 is 0 Å². The van der Waals surface area contributed by atoms with Crippen molar-refractivity contribution in [3.05, 3.63) is 33.9 Å². The number of carboxylic acids is 1. The normalized spacial score (nSPS) is 9.85. The fourth-order valence-corrected chi connectivity index (χ4v) is 1.47. The van der Waals surface area contributed by atoms with E-state index in [-0.39, 0.29) is 11.3 Å². The minimum absolute atomic E-state index is 0.0472. The maximum absolute atomic E-state index is 11.5. The lowest BCUT2D eigenvalue weighted by atomic mass is 10.1. The van der Waals surface area contributed by atoms with Gasteiger partial charge in [-0.05, 0) is 18.6 Å². The molecule has 0 saturated heterocycles. The molecule has 0 atom stereocenters. The number of rotatable bonds is 6. The molecule has 0 aliphatic rings. The van der Waals surface area contributed by atoms with E-state index in [1.54, 1.807) is 0 Å². The fraction of sp³-hybridized carbons (Fsp3) is 0.333. The number of nitrogens with zero attached hydrogens (tertiary/aromatic N) is 1. The van der Waals surface area contributed by atoms with Crippen LogP contribution >= 0.6 is 0 Å². The van der Waals surface area contributed by atoms with Crippen molar-refractivity contribution < 1.29 is 19.6 Å². The molecule has 0 radical (unpaired) electrons. The number of nitro benzene ring substituents is 1. The first-order chi connectivity index (χ1) is 9.45. The lowest BCUT2D eigenvalue weighted by molar-refractivity contribution is -0.383. The number of benzene rings is 1. The van der Waals surface area contributed by atoms with E-state index in [0.717, 1.165) is 18.9 Å². The van der Waals surface area contributed by atoms with Gasteiger partial charge in [0.25, 0.3) is 5.69 Å². The molecule has 108 valence electrons. The third-order valence-corrected chi connectivity index (χ3v) is 2.51. The van der Waals surface area contributed by atoms with Crippen LogP contribution in [0.25, 0.3) is 0 Å². The summed E-state index contributed by atoms with van der Waals surface area (Å²) in [5.74, 6) is -1.27. The second-order valence-corrected chi connectivity index (χ2v) is 4.03. The molecule has 0 aliphatic heterocycles. The van der Waals surface area contributed by atoms with Crippen LogP contribution in [0.1, 0.15) is 30.1 Å². The molecule has 1 rings (SSSR count). The van der Waals surface area contributed by atoms with Crippen molar-refractivity contribution in [2.24, 2.45) is 0 Å². The topological polar surface area (TPSA) is 122 Å². The Labute approximate surface area is 114 Å². The summed E-state index contributed by atoms with van der Waals surface area (Å²) in [5, 5.41) is 24.5. The van der Waals surface area contributed by atoms with Crippen molar-refractivity contribution in [1.29, 1.82) is 0 Å². The maximum Gasteiger partial charge on any atom is 0.335 e. The van der Waals surface area contributed by atoms with Crippen LogP contribution in [0.5, 0.6) is 0 Å². The van der Waals surface area contributed by atoms with Crippen LogP contribution in [0.4, 0.5) is 16.2 Å². The standard InChI is InChI=1S/C12H15N3O5/c1-2-3-6-13-12(18)14-9-5-4-8(11(16)17)7-10(9)15(19)20/h4-5,7H,2-3,6H2,1H3,(H,16,17)(H2,13,14,18). The van der Waals surface area contributed by atoms with Crippen LogP contribution in [0, 0.1) is 10.1 Å². The summed E-state index contributed by atoms with van der Waals surface area (Å²) in [6.07, 6.45) is 1.71. The molecule has 0 aliphatic carbocycles. The van der Waals surface area contributed by atoms with E-state index in [4.69, 9.17) is 5.11 Å². The molecule has 0 aromatic heterocycles. The molecule has 1 aromatic carbocycles. The van der Waals surface area contributed by atoms with Crippen molar-refractivity contribution in [2.45, 2.75) is 19.8 Å². The van der Waals surface area contributed by atoms with Gasteiger partial charge >= 0.3 is 12.0 Å². The van der Waals surface area contributed by atoms with E-state index in [1.807, 2.05) is 6.92 Å². The number of anilines is 1.